The topological polar surface area (TPSA) is 69.4 Å². The predicted octanol–water partition coefficient (Wildman–Crippen LogP) is 4.18. The van der Waals surface area contributed by atoms with Crippen LogP contribution in [0.4, 0.5) is 0 Å². The Balaban J connectivity index is 1.93. The van der Waals surface area contributed by atoms with Gasteiger partial charge in [0.2, 0.25) is 6.54 Å². The van der Waals surface area contributed by atoms with Crippen molar-refractivity contribution in [2.24, 2.45) is 11.8 Å². The van der Waals surface area contributed by atoms with Gasteiger partial charge in [0.05, 0.1) is 7.11 Å². The maximum Gasteiger partial charge on any atom is 0.207 e. The second-order valence-electron chi connectivity index (χ2n) is 6.03. The van der Waals surface area contributed by atoms with Crippen LogP contribution >= 0.6 is 11.8 Å². The lowest BCUT2D eigenvalue weighted by molar-refractivity contribution is -0.490. The minimum atomic E-state index is -0.273. The quantitative estimate of drug-likeness (QED) is 0.424. The van der Waals surface area contributed by atoms with Crippen LogP contribution in [-0.4, -0.2) is 23.7 Å². The van der Waals surface area contributed by atoms with Gasteiger partial charge in [-0.25, -0.2) is 0 Å². The van der Waals surface area contributed by atoms with Crippen molar-refractivity contribution in [2.75, 3.05) is 13.7 Å². The molecule has 126 valence electrons. The van der Waals surface area contributed by atoms with Crippen molar-refractivity contribution in [3.05, 3.63) is 34.4 Å². The van der Waals surface area contributed by atoms with E-state index in [2.05, 4.69) is 0 Å². The molecule has 0 spiro atoms. The van der Waals surface area contributed by atoms with E-state index in [0.29, 0.717) is 5.92 Å². The molecule has 1 aromatic rings. The van der Waals surface area contributed by atoms with Crippen molar-refractivity contribution < 1.29 is 14.5 Å². The molecular weight excluding hydrogens is 314 g/mol. The second kappa shape index (κ2) is 8.91. The average molecular weight is 337 g/mol. The molecule has 0 aromatic heterocycles. The molecule has 0 unspecified atom stereocenters. The van der Waals surface area contributed by atoms with Crippen LogP contribution in [0.5, 0.6) is 5.75 Å². The van der Waals surface area contributed by atoms with Crippen LogP contribution in [-0.2, 0) is 4.79 Å². The first-order valence-electron chi connectivity index (χ1n) is 8.05. The number of hydrogen-bond acceptors (Lipinski definition) is 5. The van der Waals surface area contributed by atoms with Crippen molar-refractivity contribution in [1.82, 2.24) is 0 Å². The molecule has 2 rings (SSSR count). The van der Waals surface area contributed by atoms with Crippen molar-refractivity contribution in [3.8, 4) is 5.75 Å². The van der Waals surface area contributed by atoms with Gasteiger partial charge in [0, 0.05) is 22.2 Å². The Morgan fingerprint density at radius 3 is 2.52 bits per heavy atom. The first kappa shape index (κ1) is 17.8. The third-order valence-corrected chi connectivity index (χ3v) is 5.32. The third kappa shape index (κ3) is 5.86. The Hall–Kier alpha value is -1.56. The van der Waals surface area contributed by atoms with Gasteiger partial charge in [0.15, 0.2) is 5.12 Å². The van der Waals surface area contributed by atoms with Crippen molar-refractivity contribution in [1.29, 1.82) is 0 Å². The largest absolute Gasteiger partial charge is 0.497 e. The molecule has 0 aliphatic heterocycles. The maximum atomic E-state index is 12.3. The molecule has 1 saturated carbocycles. The molecular formula is C17H23NO4S. The average Bonchev–Trinajstić information content (AvgIpc) is 2.55. The van der Waals surface area contributed by atoms with Crippen molar-refractivity contribution >= 4 is 16.9 Å². The number of benzene rings is 1. The van der Waals surface area contributed by atoms with E-state index in [-0.39, 0.29) is 28.9 Å². The Labute approximate surface area is 140 Å². The maximum absolute atomic E-state index is 12.3. The fourth-order valence-electron chi connectivity index (χ4n) is 3.21. The molecule has 5 nitrogen and oxygen atoms in total. The Morgan fingerprint density at radius 2 is 1.96 bits per heavy atom. The summed E-state index contributed by atoms with van der Waals surface area (Å²) in [6.07, 6.45) is 5.76. The first-order valence-corrected chi connectivity index (χ1v) is 8.86. The second-order valence-corrected chi connectivity index (χ2v) is 7.16. The van der Waals surface area contributed by atoms with Crippen LogP contribution in [0, 0.1) is 22.0 Å². The van der Waals surface area contributed by atoms with Gasteiger partial charge in [-0.2, -0.15) is 0 Å². The van der Waals surface area contributed by atoms with Gasteiger partial charge >= 0.3 is 0 Å². The molecule has 1 aliphatic rings. The fraction of sp³-hybridized carbons (Fsp3) is 0.588. The summed E-state index contributed by atoms with van der Waals surface area (Å²) in [5, 5.41) is 10.9. The Morgan fingerprint density at radius 1 is 1.30 bits per heavy atom. The lowest BCUT2D eigenvalue weighted by atomic mass is 9.79. The smallest absolute Gasteiger partial charge is 0.207 e. The Kier molecular flexibility index (Phi) is 6.89. The molecule has 0 heterocycles. The van der Waals surface area contributed by atoms with E-state index < -0.39 is 0 Å². The molecule has 1 fully saturated rings. The van der Waals surface area contributed by atoms with E-state index >= 15 is 0 Å². The number of hydrogen-bond donors (Lipinski definition) is 0. The highest BCUT2D eigenvalue weighted by Crippen LogP contribution is 2.34. The molecule has 1 atom stereocenters. The lowest BCUT2D eigenvalue weighted by Gasteiger charge is -2.27. The monoisotopic (exact) mass is 337 g/mol. The van der Waals surface area contributed by atoms with Gasteiger partial charge in [0.1, 0.15) is 5.75 Å². The highest BCUT2D eigenvalue weighted by molar-refractivity contribution is 8.13. The molecule has 0 saturated heterocycles. The van der Waals surface area contributed by atoms with Crippen molar-refractivity contribution in [3.63, 3.8) is 0 Å². The molecule has 1 aliphatic carbocycles. The fourth-order valence-corrected chi connectivity index (χ4v) is 4.04. The van der Waals surface area contributed by atoms with Gasteiger partial charge in [-0.1, -0.05) is 31.0 Å². The van der Waals surface area contributed by atoms with Crippen LogP contribution < -0.4 is 4.74 Å². The molecule has 0 N–H and O–H groups in total. The van der Waals surface area contributed by atoms with E-state index in [1.807, 2.05) is 24.3 Å². The van der Waals surface area contributed by atoms with E-state index in [1.54, 1.807) is 7.11 Å². The van der Waals surface area contributed by atoms with Crippen LogP contribution in [0.3, 0.4) is 0 Å². The van der Waals surface area contributed by atoms with Crippen LogP contribution in [0.2, 0.25) is 0 Å². The van der Waals surface area contributed by atoms with E-state index in [0.717, 1.165) is 36.3 Å². The van der Waals surface area contributed by atoms with Gasteiger partial charge in [-0.3, -0.25) is 14.9 Å². The Bertz CT molecular complexity index is 526. The number of carbonyl (C=O) groups is 1. The summed E-state index contributed by atoms with van der Waals surface area (Å²) in [5.41, 5.74) is 0. The summed E-state index contributed by atoms with van der Waals surface area (Å²) in [5.74, 6) is 0.924. The molecule has 0 bridgehead atoms. The normalized spacial score (nSPS) is 16.7. The number of nitrogens with zero attached hydrogens (tertiary/aromatic N) is 1. The number of carbonyl (C=O) groups excluding carboxylic acids is 1. The number of ether oxygens (including phenoxy) is 1. The minimum absolute atomic E-state index is 0.00703. The molecule has 0 radical (unpaired) electrons. The van der Waals surface area contributed by atoms with Gasteiger partial charge in [-0.15, -0.1) is 0 Å². The van der Waals surface area contributed by atoms with E-state index in [9.17, 15) is 14.9 Å². The number of methoxy groups -OCH3 is 1. The molecule has 1 aromatic carbocycles. The zero-order valence-corrected chi connectivity index (χ0v) is 14.2. The summed E-state index contributed by atoms with van der Waals surface area (Å²) in [6.45, 7) is -0.0976. The standard InChI is InChI=1S/C17H23NO4S/c1-22-15-7-9-16(10-8-15)23-17(19)11-14(12-18(20)21)13-5-3-2-4-6-13/h7-10,13-14H,2-6,11-12H2,1H3/t14-/m0/s1. The van der Waals surface area contributed by atoms with Gasteiger partial charge < -0.3 is 4.74 Å². The van der Waals surface area contributed by atoms with Crippen molar-refractivity contribution in [2.45, 2.75) is 43.4 Å². The van der Waals surface area contributed by atoms with Gasteiger partial charge in [-0.05, 0) is 43.0 Å². The summed E-state index contributed by atoms with van der Waals surface area (Å²) < 4.78 is 5.09. The zero-order chi connectivity index (χ0) is 16.7. The third-order valence-electron chi connectivity index (χ3n) is 4.42. The summed E-state index contributed by atoms with van der Waals surface area (Å²) in [6, 6.07) is 7.30. The summed E-state index contributed by atoms with van der Waals surface area (Å²) >= 11 is 1.17. The lowest BCUT2D eigenvalue weighted by Crippen LogP contribution is -2.26. The number of thioether (sulfide) groups is 1. The number of rotatable bonds is 7. The summed E-state index contributed by atoms with van der Waals surface area (Å²) in [4.78, 5) is 23.8. The molecule has 0 amide bonds. The van der Waals surface area contributed by atoms with Gasteiger partial charge in [0.25, 0.3) is 0 Å². The van der Waals surface area contributed by atoms with Crippen LogP contribution in [0.1, 0.15) is 38.5 Å². The van der Waals surface area contributed by atoms with E-state index in [1.165, 1.54) is 18.2 Å². The summed E-state index contributed by atoms with van der Waals surface area (Å²) in [7, 11) is 1.60. The highest BCUT2D eigenvalue weighted by Gasteiger charge is 2.29. The molecule has 6 heteroatoms. The first-order chi connectivity index (χ1) is 11.1. The predicted molar refractivity (Wildman–Crippen MR) is 90.4 cm³/mol. The van der Waals surface area contributed by atoms with E-state index in [4.69, 9.17) is 4.74 Å². The van der Waals surface area contributed by atoms with Crippen LogP contribution in [0.25, 0.3) is 0 Å². The molecule has 23 heavy (non-hydrogen) atoms. The SMILES string of the molecule is COc1ccc(SC(=O)C[C@@H](C[N+](=O)[O-])C2CCCCC2)cc1. The zero-order valence-electron chi connectivity index (χ0n) is 13.4. The van der Waals surface area contributed by atoms with Crippen LogP contribution in [0.15, 0.2) is 29.2 Å². The number of nitro groups is 1. The minimum Gasteiger partial charge on any atom is -0.497 e. The highest BCUT2D eigenvalue weighted by atomic mass is 32.2.